The van der Waals surface area contributed by atoms with Crippen molar-refractivity contribution in [1.29, 1.82) is 5.26 Å². The first-order chi connectivity index (χ1) is 13.5. The van der Waals surface area contributed by atoms with Crippen molar-refractivity contribution < 1.29 is 0 Å². The third kappa shape index (κ3) is 3.12. The zero-order chi connectivity index (χ0) is 19.7. The minimum atomic E-state index is -1.34. The number of hydrogen-bond donors (Lipinski definition) is 3. The maximum absolute atomic E-state index is 9.39. The second kappa shape index (κ2) is 7.05. The van der Waals surface area contributed by atoms with Crippen LogP contribution in [0, 0.1) is 11.3 Å². The van der Waals surface area contributed by atoms with Crippen LogP contribution in [0.5, 0.6) is 0 Å². The summed E-state index contributed by atoms with van der Waals surface area (Å²) in [5.74, 6) is -1.34. The number of halogens is 1. The van der Waals surface area contributed by atoms with Crippen molar-refractivity contribution >= 4 is 23.6 Å². The first-order valence-corrected chi connectivity index (χ1v) is 8.96. The van der Waals surface area contributed by atoms with Crippen LogP contribution in [0.25, 0.3) is 16.9 Å². The molecule has 0 aliphatic carbocycles. The van der Waals surface area contributed by atoms with E-state index in [9.17, 15) is 5.26 Å². The Kier molecular flexibility index (Phi) is 4.57. The molecule has 0 bridgehead atoms. The molecule has 140 valence electrons. The van der Waals surface area contributed by atoms with Gasteiger partial charge in [0.15, 0.2) is 10.8 Å². The van der Waals surface area contributed by atoms with Gasteiger partial charge in [0.2, 0.25) is 5.79 Å². The molecule has 8 nitrogen and oxygen atoms in total. The summed E-state index contributed by atoms with van der Waals surface area (Å²) in [4.78, 5) is 8.52. The molecule has 0 saturated carbocycles. The van der Waals surface area contributed by atoms with E-state index in [4.69, 9.17) is 22.4 Å². The number of fused-ring (bicyclic) bond motifs is 1. The minimum Gasteiger partial charge on any atom is -0.352 e. The number of nitrogens with one attached hydrogen (secondary N) is 2. The molecule has 9 heteroatoms. The van der Waals surface area contributed by atoms with Gasteiger partial charge in [-0.1, -0.05) is 41.9 Å². The highest BCUT2D eigenvalue weighted by Crippen LogP contribution is 2.30. The molecule has 28 heavy (non-hydrogen) atoms. The van der Waals surface area contributed by atoms with Gasteiger partial charge in [0.25, 0.3) is 0 Å². The average Bonchev–Trinajstić information content (AvgIpc) is 3.08. The van der Waals surface area contributed by atoms with Crippen LogP contribution in [0.3, 0.4) is 0 Å². The number of rotatable bonds is 4. The first-order valence-electron chi connectivity index (χ1n) is 8.58. The highest BCUT2D eigenvalue weighted by molar-refractivity contribution is 6.29. The van der Waals surface area contributed by atoms with E-state index in [1.54, 1.807) is 10.7 Å². The molecule has 0 fully saturated rings. The summed E-state index contributed by atoms with van der Waals surface area (Å²) in [6.07, 6.45) is 4.54. The van der Waals surface area contributed by atoms with Crippen LogP contribution in [0.15, 0.2) is 59.4 Å². The van der Waals surface area contributed by atoms with Crippen molar-refractivity contribution in [3.8, 4) is 17.3 Å². The number of aromatic nitrogens is 3. The Labute approximate surface area is 166 Å². The Morgan fingerprint density at radius 2 is 2.14 bits per heavy atom. The summed E-state index contributed by atoms with van der Waals surface area (Å²) in [6, 6.07) is 13.5. The fraction of sp³-hybridized carbons (Fsp3) is 0.158. The maximum Gasteiger partial charge on any atom is 0.202 e. The predicted molar refractivity (Wildman–Crippen MR) is 107 cm³/mol. The molecule has 1 unspecified atom stereocenters. The van der Waals surface area contributed by atoms with Gasteiger partial charge in [-0.25, -0.2) is 14.5 Å². The highest BCUT2D eigenvalue weighted by atomic mass is 35.5. The molecule has 0 radical (unpaired) electrons. The van der Waals surface area contributed by atoms with Crippen LogP contribution in [0.1, 0.15) is 18.5 Å². The Bertz CT molecular complexity index is 1130. The average molecular weight is 393 g/mol. The zero-order valence-corrected chi connectivity index (χ0v) is 15.7. The van der Waals surface area contributed by atoms with Crippen molar-refractivity contribution in [1.82, 2.24) is 25.2 Å². The SMILES string of the molecule is CC(N[C@]1(N)N=CNC=C1C#N)c1cc2ncc(Cl)n2nc1-c1ccccc1. The summed E-state index contributed by atoms with van der Waals surface area (Å²) < 4.78 is 1.58. The molecule has 1 aliphatic rings. The van der Waals surface area contributed by atoms with E-state index < -0.39 is 5.79 Å². The number of nitrogens with zero attached hydrogens (tertiary/aromatic N) is 5. The van der Waals surface area contributed by atoms with Crippen LogP contribution >= 0.6 is 11.6 Å². The molecular formula is C19H17ClN8. The number of nitrogens with two attached hydrogens (primary N) is 1. The van der Waals surface area contributed by atoms with E-state index in [0.717, 1.165) is 16.8 Å². The van der Waals surface area contributed by atoms with E-state index in [1.807, 2.05) is 43.3 Å². The third-order valence-electron chi connectivity index (χ3n) is 4.53. The Hall–Kier alpha value is -3.25. The Morgan fingerprint density at radius 3 is 2.89 bits per heavy atom. The van der Waals surface area contributed by atoms with Gasteiger partial charge in [-0.05, 0) is 13.0 Å². The second-order valence-corrected chi connectivity index (χ2v) is 6.78. The second-order valence-electron chi connectivity index (χ2n) is 6.39. The third-order valence-corrected chi connectivity index (χ3v) is 4.79. The molecule has 1 aromatic carbocycles. The van der Waals surface area contributed by atoms with Gasteiger partial charge >= 0.3 is 0 Å². The number of benzene rings is 1. The summed E-state index contributed by atoms with van der Waals surface area (Å²) in [5.41, 5.74) is 9.77. The van der Waals surface area contributed by atoms with Gasteiger partial charge in [0, 0.05) is 23.4 Å². The number of nitriles is 1. The van der Waals surface area contributed by atoms with Gasteiger partial charge in [-0.15, -0.1) is 0 Å². The van der Waals surface area contributed by atoms with E-state index in [1.165, 1.54) is 12.5 Å². The lowest BCUT2D eigenvalue weighted by molar-refractivity contribution is 0.369. The van der Waals surface area contributed by atoms with E-state index in [-0.39, 0.29) is 11.6 Å². The summed E-state index contributed by atoms with van der Waals surface area (Å²) >= 11 is 6.21. The molecule has 2 atom stereocenters. The Morgan fingerprint density at radius 1 is 1.36 bits per heavy atom. The maximum atomic E-state index is 9.39. The standard InChI is InChI=1S/C19H17ClN8/c1-12(26-19(22)14(8-21)9-23-11-25-19)15-7-17-24-10-16(20)28(17)27-18(15)13-5-3-2-4-6-13/h2-7,9-12,26H,22H2,1H3,(H,23,25)/t12?,19-/m1/s1. The van der Waals surface area contributed by atoms with Gasteiger partial charge in [0.05, 0.1) is 18.2 Å². The molecule has 4 rings (SSSR count). The van der Waals surface area contributed by atoms with Crippen LogP contribution in [-0.2, 0) is 0 Å². The summed E-state index contributed by atoms with van der Waals surface area (Å²) in [6.45, 7) is 1.94. The van der Waals surface area contributed by atoms with Gasteiger partial charge in [-0.3, -0.25) is 11.1 Å². The largest absolute Gasteiger partial charge is 0.352 e. The molecular weight excluding hydrogens is 376 g/mol. The lowest BCUT2D eigenvalue weighted by Gasteiger charge is -2.31. The van der Waals surface area contributed by atoms with Crippen molar-refractivity contribution in [2.45, 2.75) is 18.8 Å². The molecule has 0 saturated heterocycles. The normalized spacial score (nSPS) is 19.7. The molecule has 1 aliphatic heterocycles. The number of hydrogen-bond acceptors (Lipinski definition) is 7. The van der Waals surface area contributed by atoms with Crippen LogP contribution in [0.4, 0.5) is 0 Å². The molecule has 4 N–H and O–H groups in total. The monoisotopic (exact) mass is 392 g/mol. The van der Waals surface area contributed by atoms with Crippen molar-refractivity contribution in [3.63, 3.8) is 0 Å². The summed E-state index contributed by atoms with van der Waals surface area (Å²) in [7, 11) is 0. The quantitative estimate of drug-likeness (QED) is 0.587. The predicted octanol–water partition coefficient (Wildman–Crippen LogP) is 2.35. The van der Waals surface area contributed by atoms with E-state index in [2.05, 4.69) is 26.7 Å². The zero-order valence-electron chi connectivity index (χ0n) is 15.0. The van der Waals surface area contributed by atoms with Gasteiger partial charge < -0.3 is 5.32 Å². The molecule has 2 aromatic heterocycles. The van der Waals surface area contributed by atoms with Gasteiger partial charge in [-0.2, -0.15) is 10.4 Å². The lowest BCUT2D eigenvalue weighted by Crippen LogP contribution is -2.56. The van der Waals surface area contributed by atoms with E-state index in [0.29, 0.717) is 10.8 Å². The van der Waals surface area contributed by atoms with Crippen LogP contribution in [0.2, 0.25) is 5.15 Å². The van der Waals surface area contributed by atoms with Crippen LogP contribution < -0.4 is 16.4 Å². The molecule has 0 spiro atoms. The Balaban J connectivity index is 1.81. The number of imidazole rings is 1. The summed E-state index contributed by atoms with van der Waals surface area (Å²) in [5, 5.41) is 20.5. The molecule has 3 aromatic rings. The first kappa shape index (κ1) is 18.1. The van der Waals surface area contributed by atoms with Crippen molar-refractivity contribution in [3.05, 3.63) is 65.1 Å². The molecule has 0 amide bonds. The fourth-order valence-corrected chi connectivity index (χ4v) is 3.30. The minimum absolute atomic E-state index is 0.279. The van der Waals surface area contributed by atoms with Crippen molar-refractivity contribution in [2.75, 3.05) is 0 Å². The number of aliphatic imine (C=N–C) groups is 1. The lowest BCUT2D eigenvalue weighted by atomic mass is 10.00. The van der Waals surface area contributed by atoms with E-state index >= 15 is 0 Å². The smallest absolute Gasteiger partial charge is 0.202 e. The van der Waals surface area contributed by atoms with Crippen LogP contribution in [-0.4, -0.2) is 26.7 Å². The van der Waals surface area contributed by atoms with Gasteiger partial charge in [0.1, 0.15) is 11.6 Å². The fourth-order valence-electron chi connectivity index (χ4n) is 3.13. The molecule has 3 heterocycles. The topological polar surface area (TPSA) is 116 Å². The van der Waals surface area contributed by atoms with Crippen molar-refractivity contribution in [2.24, 2.45) is 10.7 Å². The highest BCUT2D eigenvalue weighted by Gasteiger charge is 2.33.